The summed E-state index contributed by atoms with van der Waals surface area (Å²) in [6, 6.07) is -1.23. The molecule has 1 aliphatic heterocycles. The van der Waals surface area contributed by atoms with Crippen LogP contribution in [-0.2, 0) is 4.79 Å². The van der Waals surface area contributed by atoms with Crippen LogP contribution in [0.15, 0.2) is 6.20 Å². The van der Waals surface area contributed by atoms with Gasteiger partial charge in [-0.15, -0.1) is 0 Å². The van der Waals surface area contributed by atoms with E-state index in [0.29, 0.717) is 12.5 Å². The first-order valence-corrected chi connectivity index (χ1v) is 10.6. The van der Waals surface area contributed by atoms with Crippen LogP contribution in [0.2, 0.25) is 0 Å². The minimum absolute atomic E-state index is 0.0769. The van der Waals surface area contributed by atoms with Gasteiger partial charge >= 0.3 is 6.18 Å². The van der Waals surface area contributed by atoms with Gasteiger partial charge in [0.2, 0.25) is 5.91 Å². The maximum absolute atomic E-state index is 13.3. The number of rotatable bonds is 10. The van der Waals surface area contributed by atoms with Crippen LogP contribution in [0.1, 0.15) is 43.6 Å². The fourth-order valence-corrected chi connectivity index (χ4v) is 3.18. The van der Waals surface area contributed by atoms with E-state index in [0.717, 1.165) is 19.0 Å². The van der Waals surface area contributed by atoms with E-state index < -0.39 is 49.6 Å². The number of aromatic nitrogens is 2. The molecule has 0 radical (unpaired) electrons. The number of carbonyl (C=O) groups excluding carboxylic acids is 2. The Kier molecular flexibility index (Phi) is 7.27. The summed E-state index contributed by atoms with van der Waals surface area (Å²) in [6.07, 6.45) is -1.51. The Labute approximate surface area is 187 Å². The van der Waals surface area contributed by atoms with E-state index >= 15 is 0 Å². The minimum Gasteiger partial charge on any atom is -0.475 e. The quantitative estimate of drug-likeness (QED) is 0.501. The molecule has 2 N–H and O–H groups in total. The topological polar surface area (TPSA) is 96.5 Å². The molecule has 0 bridgehead atoms. The molecule has 2 fully saturated rings. The standard InChI is InChI=1S/C20H26F5N5O3/c1-11(2)5-13(16(31)27-8-20(23,24)25)28-17(32)14-6-26-15(30-9-19(21,22)10-30)18(29-14)33-7-12-3-4-12/h6,11-13H,3-5,7-10H2,1-2H3,(H,27,31)(H,28,32). The predicted molar refractivity (Wildman–Crippen MR) is 107 cm³/mol. The molecule has 1 atom stereocenters. The smallest absolute Gasteiger partial charge is 0.405 e. The van der Waals surface area contributed by atoms with Gasteiger partial charge in [0.1, 0.15) is 12.6 Å². The van der Waals surface area contributed by atoms with Gasteiger partial charge in [-0.25, -0.2) is 18.7 Å². The maximum atomic E-state index is 13.3. The second-order valence-electron chi connectivity index (χ2n) is 8.84. The third-order valence-electron chi connectivity index (χ3n) is 5.04. The number of hydrogen-bond acceptors (Lipinski definition) is 6. The average Bonchev–Trinajstić information content (AvgIpc) is 3.51. The number of carbonyl (C=O) groups is 2. The Morgan fingerprint density at radius 3 is 2.48 bits per heavy atom. The third-order valence-corrected chi connectivity index (χ3v) is 5.04. The van der Waals surface area contributed by atoms with Crippen LogP contribution < -0.4 is 20.3 Å². The number of halogens is 5. The van der Waals surface area contributed by atoms with Crippen LogP contribution in [0.25, 0.3) is 0 Å². The monoisotopic (exact) mass is 479 g/mol. The van der Waals surface area contributed by atoms with E-state index in [9.17, 15) is 31.5 Å². The molecule has 2 aliphatic rings. The Morgan fingerprint density at radius 2 is 1.94 bits per heavy atom. The van der Waals surface area contributed by atoms with Crippen molar-refractivity contribution >= 4 is 17.6 Å². The molecule has 13 heteroatoms. The van der Waals surface area contributed by atoms with Gasteiger partial charge in [-0.3, -0.25) is 9.59 Å². The van der Waals surface area contributed by atoms with Gasteiger partial charge < -0.3 is 20.3 Å². The van der Waals surface area contributed by atoms with Gasteiger partial charge in [-0.1, -0.05) is 13.8 Å². The lowest BCUT2D eigenvalue weighted by Crippen LogP contribution is -2.56. The molecule has 2 heterocycles. The van der Waals surface area contributed by atoms with Crippen molar-refractivity contribution in [1.82, 2.24) is 20.6 Å². The summed E-state index contributed by atoms with van der Waals surface area (Å²) >= 11 is 0. The zero-order chi connectivity index (χ0) is 24.4. The molecule has 1 saturated carbocycles. The van der Waals surface area contributed by atoms with Crippen molar-refractivity contribution in [2.75, 3.05) is 31.1 Å². The number of alkyl halides is 5. The fraction of sp³-hybridized carbons (Fsp3) is 0.700. The van der Waals surface area contributed by atoms with Crippen molar-refractivity contribution in [3.05, 3.63) is 11.9 Å². The van der Waals surface area contributed by atoms with Crippen LogP contribution in [0, 0.1) is 11.8 Å². The van der Waals surface area contributed by atoms with E-state index in [1.54, 1.807) is 19.2 Å². The molecule has 2 amide bonds. The van der Waals surface area contributed by atoms with E-state index in [1.165, 1.54) is 4.90 Å². The van der Waals surface area contributed by atoms with E-state index in [1.807, 2.05) is 0 Å². The highest BCUT2D eigenvalue weighted by atomic mass is 19.4. The Bertz CT molecular complexity index is 868. The Morgan fingerprint density at radius 1 is 1.27 bits per heavy atom. The van der Waals surface area contributed by atoms with Crippen molar-refractivity contribution in [2.24, 2.45) is 11.8 Å². The van der Waals surface area contributed by atoms with Crippen molar-refractivity contribution in [3.63, 3.8) is 0 Å². The lowest BCUT2D eigenvalue weighted by Gasteiger charge is -2.39. The van der Waals surface area contributed by atoms with Gasteiger partial charge in [-0.2, -0.15) is 13.2 Å². The van der Waals surface area contributed by atoms with Crippen LogP contribution in [0.4, 0.5) is 27.8 Å². The first kappa shape index (κ1) is 24.9. The van der Waals surface area contributed by atoms with Gasteiger partial charge in [-0.05, 0) is 31.1 Å². The zero-order valence-electron chi connectivity index (χ0n) is 18.2. The van der Waals surface area contributed by atoms with Crippen molar-refractivity contribution in [1.29, 1.82) is 0 Å². The van der Waals surface area contributed by atoms with Crippen LogP contribution in [0.3, 0.4) is 0 Å². The van der Waals surface area contributed by atoms with Gasteiger partial charge in [0.15, 0.2) is 11.5 Å². The average molecular weight is 479 g/mol. The molecule has 1 unspecified atom stereocenters. The second-order valence-corrected chi connectivity index (χ2v) is 8.84. The van der Waals surface area contributed by atoms with Gasteiger partial charge in [0, 0.05) is 0 Å². The summed E-state index contributed by atoms with van der Waals surface area (Å²) in [5.41, 5.74) is -0.241. The Hall–Kier alpha value is -2.73. The second kappa shape index (κ2) is 9.64. The third kappa shape index (κ3) is 7.39. The number of anilines is 1. The summed E-state index contributed by atoms with van der Waals surface area (Å²) in [5.74, 6) is -4.45. The molecule has 1 saturated heterocycles. The highest BCUT2D eigenvalue weighted by Gasteiger charge is 2.46. The summed E-state index contributed by atoms with van der Waals surface area (Å²) in [5, 5.41) is 4.15. The van der Waals surface area contributed by atoms with E-state index in [4.69, 9.17) is 4.74 Å². The lowest BCUT2D eigenvalue weighted by atomic mass is 10.0. The predicted octanol–water partition coefficient (Wildman–Crippen LogP) is 2.54. The number of nitrogens with zero attached hydrogens (tertiary/aromatic N) is 3. The van der Waals surface area contributed by atoms with Crippen molar-refractivity contribution in [2.45, 2.75) is 51.3 Å². The fourth-order valence-electron chi connectivity index (χ4n) is 3.18. The lowest BCUT2D eigenvalue weighted by molar-refractivity contribution is -0.139. The molecule has 1 aliphatic carbocycles. The number of hydrogen-bond donors (Lipinski definition) is 2. The largest absolute Gasteiger partial charge is 0.475 e. The van der Waals surface area contributed by atoms with Gasteiger partial charge in [0.25, 0.3) is 17.7 Å². The zero-order valence-corrected chi connectivity index (χ0v) is 18.2. The maximum Gasteiger partial charge on any atom is 0.405 e. The molecule has 8 nitrogen and oxygen atoms in total. The number of amides is 2. The van der Waals surface area contributed by atoms with Crippen LogP contribution in [0.5, 0.6) is 5.88 Å². The first-order chi connectivity index (χ1) is 15.3. The summed E-state index contributed by atoms with van der Waals surface area (Å²) in [7, 11) is 0. The molecular weight excluding hydrogens is 453 g/mol. The van der Waals surface area contributed by atoms with Crippen molar-refractivity contribution < 1.29 is 36.3 Å². The van der Waals surface area contributed by atoms with Crippen LogP contribution in [-0.4, -0.2) is 66.2 Å². The Balaban J connectivity index is 1.73. The van der Waals surface area contributed by atoms with E-state index in [-0.39, 0.29) is 29.7 Å². The van der Waals surface area contributed by atoms with E-state index in [2.05, 4.69) is 15.3 Å². The molecular formula is C20H26F5N5O3. The molecule has 33 heavy (non-hydrogen) atoms. The normalized spacial score (nSPS) is 18.5. The van der Waals surface area contributed by atoms with Gasteiger partial charge in [0.05, 0.1) is 25.9 Å². The summed E-state index contributed by atoms with van der Waals surface area (Å²) in [6.45, 7) is 1.16. The summed E-state index contributed by atoms with van der Waals surface area (Å²) < 4.78 is 69.6. The molecule has 1 aromatic rings. The highest BCUT2D eigenvalue weighted by Crippen LogP contribution is 2.36. The van der Waals surface area contributed by atoms with Crippen LogP contribution >= 0.6 is 0 Å². The molecule has 0 spiro atoms. The number of ether oxygens (including phenoxy) is 1. The highest BCUT2D eigenvalue weighted by molar-refractivity contribution is 5.96. The van der Waals surface area contributed by atoms with Crippen molar-refractivity contribution in [3.8, 4) is 5.88 Å². The SMILES string of the molecule is CC(C)CC(NC(=O)c1cnc(N2CC(F)(F)C2)c(OCC2CC2)n1)C(=O)NCC(F)(F)F. The summed E-state index contributed by atoms with van der Waals surface area (Å²) in [4.78, 5) is 34.4. The molecule has 0 aromatic carbocycles. The molecule has 3 rings (SSSR count). The molecule has 184 valence electrons. The molecule has 1 aromatic heterocycles. The number of nitrogens with one attached hydrogen (secondary N) is 2. The first-order valence-electron chi connectivity index (χ1n) is 10.6. The minimum atomic E-state index is -4.59.